The first-order chi connectivity index (χ1) is 22.0. The quantitative estimate of drug-likeness (QED) is 0.0570. The van der Waals surface area contributed by atoms with Gasteiger partial charge in [-0.25, -0.2) is 19.2 Å². The Kier molecular flexibility index (Phi) is 12.8. The molecule has 0 N–H and O–H groups in total. The monoisotopic (exact) mass is 630 g/mol. The highest BCUT2D eigenvalue weighted by molar-refractivity contribution is 6.01. The zero-order valence-corrected chi connectivity index (χ0v) is 25.8. The Morgan fingerprint density at radius 1 is 0.630 bits per heavy atom. The van der Waals surface area contributed by atoms with Crippen LogP contribution in [0.4, 0.5) is 0 Å². The summed E-state index contributed by atoms with van der Waals surface area (Å²) in [5.74, 6) is -2.12. The number of Topliss-reactive ketones (excluding diaryl/α,β-unsaturated/α-hetero) is 1. The third-order valence-corrected chi connectivity index (χ3v) is 6.13. The average molecular weight is 631 g/mol. The number of hydrogen-bond acceptors (Lipinski definition) is 11. The number of ether oxygens (including phenoxy) is 6. The molecule has 0 aromatic heterocycles. The third kappa shape index (κ3) is 10.5. The van der Waals surface area contributed by atoms with Crippen LogP contribution < -0.4 is 18.9 Å². The summed E-state index contributed by atoms with van der Waals surface area (Å²) in [5, 5.41) is 0. The predicted molar refractivity (Wildman–Crippen MR) is 166 cm³/mol. The molecule has 11 heteroatoms. The maximum atomic E-state index is 13.0. The van der Waals surface area contributed by atoms with Crippen LogP contribution in [0.3, 0.4) is 0 Å². The summed E-state index contributed by atoms with van der Waals surface area (Å²) in [7, 11) is 0. The van der Waals surface area contributed by atoms with Crippen LogP contribution in [0.5, 0.6) is 23.0 Å². The van der Waals surface area contributed by atoms with Crippen molar-refractivity contribution >= 4 is 29.7 Å². The first kappa shape index (κ1) is 34.8. The van der Waals surface area contributed by atoms with Crippen LogP contribution in [0.2, 0.25) is 0 Å². The van der Waals surface area contributed by atoms with Gasteiger partial charge in [0.25, 0.3) is 0 Å². The van der Waals surface area contributed by atoms with Gasteiger partial charge in [-0.15, -0.1) is 0 Å². The zero-order valence-electron chi connectivity index (χ0n) is 25.8. The second kappa shape index (κ2) is 17.0. The van der Waals surface area contributed by atoms with Crippen molar-refractivity contribution < 1.29 is 52.4 Å². The molecule has 0 aliphatic heterocycles. The van der Waals surface area contributed by atoms with E-state index in [9.17, 15) is 24.0 Å². The van der Waals surface area contributed by atoms with Gasteiger partial charge >= 0.3 is 23.9 Å². The van der Waals surface area contributed by atoms with Crippen LogP contribution in [0, 0.1) is 0 Å². The van der Waals surface area contributed by atoms with Crippen molar-refractivity contribution in [1.29, 1.82) is 0 Å². The van der Waals surface area contributed by atoms with Crippen molar-refractivity contribution in [1.82, 2.24) is 0 Å². The lowest BCUT2D eigenvalue weighted by atomic mass is 10.0. The standard InChI is InChI=1S/C35H34O11/c1-6-7-8-30(36)29-19-28(45-34(39)24-9-13-26(14-10-24)41-20-43-32(37)22(2)3)17-18-31(29)46-35(40)25-11-15-27(16-12-25)42-21-44-33(38)23(4)5/h9-19H,2,4,6-8,20-21H2,1,3,5H3. The normalized spacial score (nSPS) is 10.2. The maximum absolute atomic E-state index is 13.0. The van der Waals surface area contributed by atoms with E-state index in [1.54, 1.807) is 0 Å². The molecule has 0 amide bonds. The first-order valence-electron chi connectivity index (χ1n) is 14.2. The minimum atomic E-state index is -0.730. The number of esters is 4. The summed E-state index contributed by atoms with van der Waals surface area (Å²) in [6.45, 7) is 11.3. The van der Waals surface area contributed by atoms with Crippen molar-refractivity contribution in [2.75, 3.05) is 13.6 Å². The van der Waals surface area contributed by atoms with E-state index < -0.39 is 23.9 Å². The molecule has 3 aromatic rings. The Hall–Kier alpha value is -5.71. The van der Waals surface area contributed by atoms with Gasteiger partial charge in [0, 0.05) is 17.6 Å². The van der Waals surface area contributed by atoms with Gasteiger partial charge in [0.15, 0.2) is 5.78 Å². The smallest absolute Gasteiger partial charge is 0.343 e. The Morgan fingerprint density at radius 2 is 1.09 bits per heavy atom. The van der Waals surface area contributed by atoms with Gasteiger partial charge in [-0.05, 0) is 87.0 Å². The molecule has 0 heterocycles. The lowest BCUT2D eigenvalue weighted by Gasteiger charge is -2.12. The molecule has 0 unspecified atom stereocenters. The molecule has 0 spiro atoms. The average Bonchev–Trinajstić information content (AvgIpc) is 3.04. The second-order valence-electron chi connectivity index (χ2n) is 9.96. The molecule has 0 fully saturated rings. The summed E-state index contributed by atoms with van der Waals surface area (Å²) >= 11 is 0. The minimum absolute atomic E-state index is 0.00628. The molecule has 0 atom stereocenters. The SMILES string of the molecule is C=C(C)C(=O)OCOc1ccc(C(=O)Oc2ccc(OC(=O)c3ccc(OCOC(=O)C(=C)C)cc3)c(C(=O)CCCC)c2)cc1. The van der Waals surface area contributed by atoms with E-state index in [0.717, 1.165) is 6.42 Å². The number of rotatable bonds is 16. The van der Waals surface area contributed by atoms with E-state index in [0.29, 0.717) is 17.9 Å². The summed E-state index contributed by atoms with van der Waals surface area (Å²) in [6, 6.07) is 16.0. The van der Waals surface area contributed by atoms with Crippen LogP contribution in [-0.2, 0) is 19.1 Å². The van der Waals surface area contributed by atoms with Crippen molar-refractivity contribution in [3.8, 4) is 23.0 Å². The van der Waals surface area contributed by atoms with Gasteiger partial charge in [0.1, 0.15) is 23.0 Å². The Labute approximate surface area is 266 Å². The van der Waals surface area contributed by atoms with Gasteiger partial charge in [0.2, 0.25) is 13.6 Å². The van der Waals surface area contributed by atoms with Crippen LogP contribution in [-0.4, -0.2) is 43.2 Å². The molecule has 0 radical (unpaired) electrons. The molecule has 3 aromatic carbocycles. The molecule has 0 saturated heterocycles. The van der Waals surface area contributed by atoms with E-state index in [1.165, 1.54) is 80.6 Å². The highest BCUT2D eigenvalue weighted by Crippen LogP contribution is 2.28. The van der Waals surface area contributed by atoms with Crippen molar-refractivity contribution in [2.24, 2.45) is 0 Å². The van der Waals surface area contributed by atoms with Gasteiger partial charge < -0.3 is 28.4 Å². The van der Waals surface area contributed by atoms with Crippen LogP contribution in [0.1, 0.15) is 71.1 Å². The molecule has 11 nitrogen and oxygen atoms in total. The van der Waals surface area contributed by atoms with Crippen LogP contribution in [0.15, 0.2) is 91.0 Å². The highest BCUT2D eigenvalue weighted by atomic mass is 16.7. The lowest BCUT2D eigenvalue weighted by molar-refractivity contribution is -0.146. The van der Waals surface area contributed by atoms with E-state index in [4.69, 9.17) is 28.4 Å². The molecule has 0 bridgehead atoms. The van der Waals surface area contributed by atoms with Gasteiger partial charge in [-0.2, -0.15) is 0 Å². The fourth-order valence-electron chi connectivity index (χ4n) is 3.60. The number of hydrogen-bond donors (Lipinski definition) is 0. The molecule has 46 heavy (non-hydrogen) atoms. The molecule has 240 valence electrons. The Morgan fingerprint density at radius 3 is 1.54 bits per heavy atom. The topological polar surface area (TPSA) is 141 Å². The Balaban J connectivity index is 1.67. The van der Waals surface area contributed by atoms with Crippen LogP contribution >= 0.6 is 0 Å². The summed E-state index contributed by atoms with van der Waals surface area (Å²) in [5.41, 5.74) is 0.929. The summed E-state index contributed by atoms with van der Waals surface area (Å²) in [4.78, 5) is 61.7. The van der Waals surface area contributed by atoms with E-state index in [2.05, 4.69) is 13.2 Å². The largest absolute Gasteiger partial charge is 0.457 e. The number of carbonyl (C=O) groups excluding carboxylic acids is 5. The number of unbranched alkanes of at least 4 members (excludes halogenated alkanes) is 1. The fraction of sp³-hybridized carbons (Fsp3) is 0.229. The first-order valence-corrected chi connectivity index (χ1v) is 14.2. The van der Waals surface area contributed by atoms with Gasteiger partial charge in [0.05, 0.1) is 16.7 Å². The third-order valence-electron chi connectivity index (χ3n) is 6.13. The summed E-state index contributed by atoms with van der Waals surface area (Å²) in [6.07, 6.45) is 1.58. The summed E-state index contributed by atoms with van der Waals surface area (Å²) < 4.78 is 31.5. The maximum Gasteiger partial charge on any atom is 0.343 e. The van der Waals surface area contributed by atoms with Crippen molar-refractivity contribution in [3.63, 3.8) is 0 Å². The minimum Gasteiger partial charge on any atom is -0.457 e. The Bertz CT molecular complexity index is 1600. The molecule has 0 aliphatic rings. The molecule has 3 rings (SSSR count). The predicted octanol–water partition coefficient (Wildman–Crippen LogP) is 6.41. The zero-order chi connectivity index (χ0) is 33.6. The number of ketones is 1. The van der Waals surface area contributed by atoms with Gasteiger partial charge in [-0.1, -0.05) is 26.5 Å². The lowest BCUT2D eigenvalue weighted by Crippen LogP contribution is -2.13. The molecular formula is C35H34O11. The molecule has 0 saturated carbocycles. The van der Waals surface area contributed by atoms with E-state index >= 15 is 0 Å². The molecular weight excluding hydrogens is 596 g/mol. The van der Waals surface area contributed by atoms with Gasteiger partial charge in [-0.3, -0.25) is 4.79 Å². The van der Waals surface area contributed by atoms with Crippen LogP contribution in [0.25, 0.3) is 0 Å². The van der Waals surface area contributed by atoms with Crippen molar-refractivity contribution in [3.05, 3.63) is 108 Å². The molecule has 0 aliphatic carbocycles. The number of benzene rings is 3. The second-order valence-corrected chi connectivity index (χ2v) is 9.96. The van der Waals surface area contributed by atoms with E-state index in [1.807, 2.05) is 6.92 Å². The number of carbonyl (C=O) groups is 5. The fourth-order valence-corrected chi connectivity index (χ4v) is 3.60. The van der Waals surface area contributed by atoms with E-state index in [-0.39, 0.29) is 65.1 Å². The van der Waals surface area contributed by atoms with Crippen molar-refractivity contribution in [2.45, 2.75) is 40.0 Å². The highest BCUT2D eigenvalue weighted by Gasteiger charge is 2.19.